The van der Waals surface area contributed by atoms with Gasteiger partial charge in [-0.05, 0) is 77.6 Å². The Kier molecular flexibility index (Phi) is 5.33. The van der Waals surface area contributed by atoms with Crippen molar-refractivity contribution in [3.63, 3.8) is 0 Å². The molecule has 0 fully saturated rings. The van der Waals surface area contributed by atoms with Crippen LogP contribution in [-0.2, 0) is 0 Å². The highest BCUT2D eigenvalue weighted by Crippen LogP contribution is 2.33. The zero-order chi connectivity index (χ0) is 23.1. The van der Waals surface area contributed by atoms with E-state index in [1.165, 1.54) is 10.6 Å². The molecule has 3 aromatic carbocycles. The molecule has 0 saturated heterocycles. The van der Waals surface area contributed by atoms with E-state index in [1.807, 2.05) is 24.3 Å². The van der Waals surface area contributed by atoms with Crippen LogP contribution < -0.4 is 15.0 Å². The lowest BCUT2D eigenvalue weighted by atomic mass is 10.1. The minimum atomic E-state index is -0.455. The molecule has 9 heteroatoms. The van der Waals surface area contributed by atoms with E-state index in [9.17, 15) is 14.9 Å². The minimum absolute atomic E-state index is 0.0622. The Morgan fingerprint density at radius 2 is 1.88 bits per heavy atom. The van der Waals surface area contributed by atoms with Crippen LogP contribution in [0.2, 0.25) is 0 Å². The molecule has 0 bridgehead atoms. The Morgan fingerprint density at radius 1 is 1.06 bits per heavy atom. The maximum absolute atomic E-state index is 13.5. The molecule has 1 aromatic heterocycles. The zero-order valence-electron chi connectivity index (χ0n) is 17.3. The first-order valence-electron chi connectivity index (χ1n) is 9.96. The summed E-state index contributed by atoms with van der Waals surface area (Å²) in [7, 11) is 0. The van der Waals surface area contributed by atoms with E-state index in [-0.39, 0.29) is 18.0 Å². The van der Waals surface area contributed by atoms with Gasteiger partial charge in [0, 0.05) is 15.2 Å². The van der Waals surface area contributed by atoms with Crippen molar-refractivity contribution in [1.29, 1.82) is 0 Å². The van der Waals surface area contributed by atoms with Gasteiger partial charge in [0.05, 0.1) is 21.5 Å². The van der Waals surface area contributed by atoms with E-state index in [0.717, 1.165) is 9.13 Å². The smallest absolute Gasteiger partial charge is 0.274 e. The van der Waals surface area contributed by atoms with Crippen molar-refractivity contribution in [2.24, 2.45) is 0 Å². The number of nitrogens with zero attached hydrogens (tertiary/aromatic N) is 3. The molecule has 0 unspecified atom stereocenters. The Balaban J connectivity index is 1.71. The molecule has 2 heterocycles. The summed E-state index contributed by atoms with van der Waals surface area (Å²) >= 11 is 2.14. The van der Waals surface area contributed by atoms with E-state index in [0.29, 0.717) is 39.5 Å². The first-order valence-corrected chi connectivity index (χ1v) is 11.0. The summed E-state index contributed by atoms with van der Waals surface area (Å²) < 4.78 is 13.1. The van der Waals surface area contributed by atoms with Gasteiger partial charge in [-0.3, -0.25) is 19.5 Å². The normalized spacial score (nSPS) is 12.5. The summed E-state index contributed by atoms with van der Waals surface area (Å²) in [6.45, 7) is 1.84. The predicted octanol–water partition coefficient (Wildman–Crippen LogP) is 5.11. The van der Waals surface area contributed by atoms with Crippen molar-refractivity contribution >= 4 is 51.3 Å². The fourth-order valence-electron chi connectivity index (χ4n) is 3.66. The van der Waals surface area contributed by atoms with Gasteiger partial charge in [-0.25, -0.2) is 4.98 Å². The summed E-state index contributed by atoms with van der Waals surface area (Å²) in [4.78, 5) is 29.2. The number of nitro groups is 1. The lowest BCUT2D eigenvalue weighted by molar-refractivity contribution is -0.385. The minimum Gasteiger partial charge on any atom is -0.454 e. The second-order valence-corrected chi connectivity index (χ2v) is 8.69. The fraction of sp³-hybridized carbons (Fsp3) is 0.0833. The molecule has 0 radical (unpaired) electrons. The summed E-state index contributed by atoms with van der Waals surface area (Å²) in [5, 5.41) is 11.9. The number of nitro benzene ring substituents is 1. The van der Waals surface area contributed by atoms with E-state index < -0.39 is 4.92 Å². The monoisotopic (exact) mass is 553 g/mol. The summed E-state index contributed by atoms with van der Waals surface area (Å²) in [5.74, 6) is 1.67. The van der Waals surface area contributed by atoms with Crippen molar-refractivity contribution in [1.82, 2.24) is 9.55 Å². The number of fused-ring (bicyclic) bond motifs is 2. The lowest BCUT2D eigenvalue weighted by Gasteiger charge is -2.12. The highest BCUT2D eigenvalue weighted by Gasteiger charge is 2.17. The molecule has 0 spiro atoms. The zero-order valence-corrected chi connectivity index (χ0v) is 19.5. The van der Waals surface area contributed by atoms with Crippen molar-refractivity contribution in [2.45, 2.75) is 6.92 Å². The molecule has 0 amide bonds. The molecule has 1 aliphatic heterocycles. The standard InChI is InChI=1S/C24H16IN3O5/c1-14-2-6-17(12-20(14)28(30)31)27-23(26-19-7-5-16(25)11-18(19)24(27)29)9-4-15-3-8-21-22(10-15)33-13-32-21/h2-12H,13H2,1H3. The van der Waals surface area contributed by atoms with Crippen LogP contribution in [0.3, 0.4) is 0 Å². The Morgan fingerprint density at radius 3 is 2.70 bits per heavy atom. The predicted molar refractivity (Wildman–Crippen MR) is 133 cm³/mol. The molecular formula is C24H16IN3O5. The molecule has 0 N–H and O–H groups in total. The third kappa shape index (κ3) is 3.95. The van der Waals surface area contributed by atoms with Crippen LogP contribution in [0.15, 0.2) is 59.4 Å². The molecule has 5 rings (SSSR count). The van der Waals surface area contributed by atoms with Crippen LogP contribution in [0.5, 0.6) is 11.5 Å². The quantitative estimate of drug-likeness (QED) is 0.198. The van der Waals surface area contributed by atoms with E-state index in [4.69, 9.17) is 9.47 Å². The lowest BCUT2D eigenvalue weighted by Crippen LogP contribution is -2.22. The average Bonchev–Trinajstić information content (AvgIpc) is 3.27. The third-order valence-corrected chi connectivity index (χ3v) is 6.00. The molecule has 164 valence electrons. The van der Waals surface area contributed by atoms with E-state index in [1.54, 1.807) is 43.3 Å². The first kappa shape index (κ1) is 21.1. The molecular weight excluding hydrogens is 537 g/mol. The van der Waals surface area contributed by atoms with E-state index >= 15 is 0 Å². The van der Waals surface area contributed by atoms with Gasteiger partial charge in [0.1, 0.15) is 5.82 Å². The SMILES string of the molecule is Cc1ccc(-n2c(C=Cc3ccc4c(c3)OCO4)nc3ccc(I)cc3c2=O)cc1[N+](=O)[O-]. The highest BCUT2D eigenvalue weighted by atomic mass is 127. The van der Waals surface area contributed by atoms with Crippen molar-refractivity contribution in [3.8, 4) is 17.2 Å². The number of aryl methyl sites for hydroxylation is 1. The number of aromatic nitrogens is 2. The van der Waals surface area contributed by atoms with Gasteiger partial charge < -0.3 is 9.47 Å². The summed E-state index contributed by atoms with van der Waals surface area (Å²) in [6.07, 6.45) is 3.52. The van der Waals surface area contributed by atoms with Crippen molar-refractivity contribution < 1.29 is 14.4 Å². The molecule has 4 aromatic rings. The molecule has 1 aliphatic rings. The van der Waals surface area contributed by atoms with Gasteiger partial charge >= 0.3 is 0 Å². The van der Waals surface area contributed by atoms with Gasteiger partial charge in [0.2, 0.25) is 6.79 Å². The van der Waals surface area contributed by atoms with Crippen LogP contribution >= 0.6 is 22.6 Å². The van der Waals surface area contributed by atoms with Crippen LogP contribution in [0.4, 0.5) is 5.69 Å². The Labute approximate surface area is 201 Å². The number of benzene rings is 3. The largest absolute Gasteiger partial charge is 0.454 e. The third-order valence-electron chi connectivity index (χ3n) is 5.33. The second kappa shape index (κ2) is 8.32. The Hall–Kier alpha value is -3.73. The number of hydrogen-bond donors (Lipinski definition) is 0. The topological polar surface area (TPSA) is 96.5 Å². The van der Waals surface area contributed by atoms with Gasteiger partial charge in [-0.1, -0.05) is 18.2 Å². The van der Waals surface area contributed by atoms with E-state index in [2.05, 4.69) is 27.6 Å². The first-order chi connectivity index (χ1) is 15.9. The van der Waals surface area contributed by atoms with Gasteiger partial charge in [-0.15, -0.1) is 0 Å². The molecule has 8 nitrogen and oxygen atoms in total. The average molecular weight is 553 g/mol. The Bertz CT molecular complexity index is 1530. The summed E-state index contributed by atoms with van der Waals surface area (Å²) in [6, 6.07) is 15.7. The summed E-state index contributed by atoms with van der Waals surface area (Å²) in [5.41, 5.74) is 1.89. The molecule has 0 aliphatic carbocycles. The van der Waals surface area contributed by atoms with Gasteiger partial charge in [0.15, 0.2) is 11.5 Å². The van der Waals surface area contributed by atoms with Crippen LogP contribution in [0, 0.1) is 20.6 Å². The van der Waals surface area contributed by atoms with Crippen molar-refractivity contribution in [3.05, 3.63) is 95.6 Å². The van der Waals surface area contributed by atoms with Crippen LogP contribution in [-0.4, -0.2) is 21.3 Å². The maximum atomic E-state index is 13.5. The van der Waals surface area contributed by atoms with Crippen LogP contribution in [0.1, 0.15) is 17.0 Å². The number of rotatable bonds is 4. The van der Waals surface area contributed by atoms with Crippen molar-refractivity contribution in [2.75, 3.05) is 6.79 Å². The second-order valence-electron chi connectivity index (χ2n) is 7.45. The highest BCUT2D eigenvalue weighted by molar-refractivity contribution is 14.1. The van der Waals surface area contributed by atoms with Gasteiger partial charge in [-0.2, -0.15) is 0 Å². The molecule has 0 atom stereocenters. The van der Waals surface area contributed by atoms with Crippen LogP contribution in [0.25, 0.3) is 28.7 Å². The maximum Gasteiger partial charge on any atom is 0.274 e. The van der Waals surface area contributed by atoms with Gasteiger partial charge in [0.25, 0.3) is 11.2 Å². The number of halogens is 1. The molecule has 33 heavy (non-hydrogen) atoms. The number of hydrogen-bond acceptors (Lipinski definition) is 6. The fourth-order valence-corrected chi connectivity index (χ4v) is 4.15. The number of ether oxygens (including phenoxy) is 2. The molecule has 0 saturated carbocycles.